The number of urea groups is 1. The number of aliphatic carboxylic acids is 1. The monoisotopic (exact) mass is 296 g/mol. The first-order valence-corrected chi connectivity index (χ1v) is 7.83. The number of thiophene rings is 1. The number of nitrogens with one attached hydrogen (secondary N) is 1. The van der Waals surface area contributed by atoms with Gasteiger partial charge in [0.1, 0.15) is 0 Å². The van der Waals surface area contributed by atoms with Gasteiger partial charge in [0.05, 0.1) is 6.54 Å². The fourth-order valence-electron chi connectivity index (χ4n) is 2.02. The van der Waals surface area contributed by atoms with Crippen LogP contribution in [0.15, 0.2) is 17.5 Å². The molecule has 1 fully saturated rings. The SMILES string of the molecule is O=C(O)CCCCNC(=O)N(Cc1cccs1)C1CC1. The molecule has 5 nitrogen and oxygen atoms in total. The molecule has 0 bridgehead atoms. The number of hydrogen-bond acceptors (Lipinski definition) is 3. The fraction of sp³-hybridized carbons (Fsp3) is 0.571. The molecule has 0 spiro atoms. The van der Waals surface area contributed by atoms with E-state index in [2.05, 4.69) is 5.32 Å². The zero-order valence-electron chi connectivity index (χ0n) is 11.4. The third-order valence-corrected chi connectivity index (χ3v) is 4.11. The summed E-state index contributed by atoms with van der Waals surface area (Å²) in [6, 6.07) is 4.38. The van der Waals surface area contributed by atoms with E-state index in [0.717, 1.165) is 12.8 Å². The smallest absolute Gasteiger partial charge is 0.317 e. The van der Waals surface area contributed by atoms with E-state index >= 15 is 0 Å². The second kappa shape index (κ2) is 7.28. The third-order valence-electron chi connectivity index (χ3n) is 3.25. The Labute approximate surface area is 122 Å². The first-order valence-electron chi connectivity index (χ1n) is 6.95. The highest BCUT2D eigenvalue weighted by Crippen LogP contribution is 2.29. The van der Waals surface area contributed by atoms with E-state index < -0.39 is 5.97 Å². The summed E-state index contributed by atoms with van der Waals surface area (Å²) in [6.45, 7) is 1.21. The molecule has 0 aromatic carbocycles. The molecule has 0 saturated heterocycles. The highest BCUT2D eigenvalue weighted by atomic mass is 32.1. The van der Waals surface area contributed by atoms with Gasteiger partial charge in [-0.2, -0.15) is 0 Å². The van der Waals surface area contributed by atoms with Gasteiger partial charge in [0.2, 0.25) is 0 Å². The Kier molecular flexibility index (Phi) is 5.40. The van der Waals surface area contributed by atoms with Crippen molar-refractivity contribution in [1.29, 1.82) is 0 Å². The number of carboxylic acids is 1. The van der Waals surface area contributed by atoms with Crippen molar-refractivity contribution < 1.29 is 14.7 Å². The van der Waals surface area contributed by atoms with Crippen LogP contribution in [0.25, 0.3) is 0 Å². The first kappa shape index (κ1) is 14.8. The van der Waals surface area contributed by atoms with E-state index in [9.17, 15) is 9.59 Å². The number of nitrogens with zero attached hydrogens (tertiary/aromatic N) is 1. The molecule has 2 rings (SSSR count). The molecule has 1 aromatic rings. The number of amides is 2. The summed E-state index contributed by atoms with van der Waals surface area (Å²) in [5.41, 5.74) is 0. The van der Waals surface area contributed by atoms with Crippen LogP contribution in [-0.2, 0) is 11.3 Å². The van der Waals surface area contributed by atoms with Crippen LogP contribution in [0.1, 0.15) is 37.0 Å². The number of carbonyl (C=O) groups is 2. The minimum atomic E-state index is -0.784. The topological polar surface area (TPSA) is 69.6 Å². The molecule has 1 saturated carbocycles. The van der Waals surface area contributed by atoms with Crippen LogP contribution >= 0.6 is 11.3 Å². The molecule has 2 amide bonds. The number of hydrogen-bond donors (Lipinski definition) is 2. The lowest BCUT2D eigenvalue weighted by Crippen LogP contribution is -2.41. The first-order chi connectivity index (χ1) is 9.66. The summed E-state index contributed by atoms with van der Waals surface area (Å²) in [4.78, 5) is 25.6. The maximum atomic E-state index is 12.2. The lowest BCUT2D eigenvalue weighted by molar-refractivity contribution is -0.137. The highest BCUT2D eigenvalue weighted by molar-refractivity contribution is 7.09. The summed E-state index contributed by atoms with van der Waals surface area (Å²) < 4.78 is 0. The number of carbonyl (C=O) groups excluding carboxylic acids is 1. The molecule has 1 heterocycles. The molecule has 0 aliphatic heterocycles. The number of carboxylic acid groups (broad SMARTS) is 1. The van der Waals surface area contributed by atoms with Gasteiger partial charge in [0, 0.05) is 23.9 Å². The van der Waals surface area contributed by atoms with Crippen LogP contribution < -0.4 is 5.32 Å². The van der Waals surface area contributed by atoms with Gasteiger partial charge in [-0.25, -0.2) is 4.79 Å². The summed E-state index contributed by atoms with van der Waals surface area (Å²) in [5.74, 6) is -0.784. The van der Waals surface area contributed by atoms with Crippen molar-refractivity contribution >= 4 is 23.3 Å². The van der Waals surface area contributed by atoms with Crippen LogP contribution in [0.2, 0.25) is 0 Å². The van der Waals surface area contributed by atoms with E-state index in [1.807, 2.05) is 22.4 Å². The van der Waals surface area contributed by atoms with Crippen molar-refractivity contribution in [3.63, 3.8) is 0 Å². The van der Waals surface area contributed by atoms with Crippen LogP contribution in [0.4, 0.5) is 4.79 Å². The Balaban J connectivity index is 1.72. The summed E-state index contributed by atoms with van der Waals surface area (Å²) in [7, 11) is 0. The summed E-state index contributed by atoms with van der Waals surface area (Å²) in [6.07, 6.45) is 3.63. The Morgan fingerprint density at radius 2 is 2.20 bits per heavy atom. The molecule has 0 unspecified atom stereocenters. The molecular formula is C14H20N2O3S. The number of unbranched alkanes of at least 4 members (excludes halogenated alkanes) is 1. The van der Waals surface area contributed by atoms with Gasteiger partial charge >= 0.3 is 12.0 Å². The lowest BCUT2D eigenvalue weighted by Gasteiger charge is -2.22. The summed E-state index contributed by atoms with van der Waals surface area (Å²) in [5, 5.41) is 13.4. The van der Waals surface area contributed by atoms with Crippen molar-refractivity contribution in [2.75, 3.05) is 6.54 Å². The average molecular weight is 296 g/mol. The van der Waals surface area contributed by atoms with Crippen molar-refractivity contribution in [2.24, 2.45) is 0 Å². The highest BCUT2D eigenvalue weighted by Gasteiger charge is 2.32. The van der Waals surface area contributed by atoms with E-state index in [-0.39, 0.29) is 12.5 Å². The molecular weight excluding hydrogens is 276 g/mol. The van der Waals surface area contributed by atoms with Gasteiger partial charge in [-0.1, -0.05) is 6.07 Å². The van der Waals surface area contributed by atoms with Crippen molar-refractivity contribution in [3.05, 3.63) is 22.4 Å². The molecule has 110 valence electrons. The number of rotatable bonds is 8. The zero-order chi connectivity index (χ0) is 14.4. The Bertz CT molecular complexity index is 443. The van der Waals surface area contributed by atoms with Crippen LogP contribution in [0, 0.1) is 0 Å². The molecule has 1 aliphatic carbocycles. The minimum Gasteiger partial charge on any atom is -0.481 e. The molecule has 0 radical (unpaired) electrons. The lowest BCUT2D eigenvalue weighted by atomic mass is 10.2. The van der Waals surface area contributed by atoms with Crippen LogP contribution in [0.5, 0.6) is 0 Å². The van der Waals surface area contributed by atoms with E-state index in [1.54, 1.807) is 11.3 Å². The van der Waals surface area contributed by atoms with Gasteiger partial charge in [0.25, 0.3) is 0 Å². The van der Waals surface area contributed by atoms with E-state index in [1.165, 1.54) is 4.88 Å². The van der Waals surface area contributed by atoms with Gasteiger partial charge in [-0.15, -0.1) is 11.3 Å². The van der Waals surface area contributed by atoms with Crippen LogP contribution in [-0.4, -0.2) is 34.6 Å². The molecule has 1 aliphatic rings. The molecule has 6 heteroatoms. The van der Waals surface area contributed by atoms with Crippen molar-refractivity contribution in [3.8, 4) is 0 Å². The Morgan fingerprint density at radius 1 is 1.40 bits per heavy atom. The Hall–Kier alpha value is -1.56. The Morgan fingerprint density at radius 3 is 2.80 bits per heavy atom. The average Bonchev–Trinajstić information content (AvgIpc) is 3.12. The van der Waals surface area contributed by atoms with Crippen LogP contribution in [0.3, 0.4) is 0 Å². The maximum absolute atomic E-state index is 12.2. The van der Waals surface area contributed by atoms with E-state index in [4.69, 9.17) is 5.11 Å². The third kappa shape index (κ3) is 4.85. The fourth-order valence-corrected chi connectivity index (χ4v) is 2.72. The van der Waals surface area contributed by atoms with Crippen molar-refractivity contribution in [2.45, 2.75) is 44.7 Å². The zero-order valence-corrected chi connectivity index (χ0v) is 12.2. The predicted octanol–water partition coefficient (Wildman–Crippen LogP) is 2.68. The molecule has 0 atom stereocenters. The maximum Gasteiger partial charge on any atom is 0.317 e. The largest absolute Gasteiger partial charge is 0.481 e. The van der Waals surface area contributed by atoms with Crippen molar-refractivity contribution in [1.82, 2.24) is 10.2 Å². The second-order valence-corrected chi connectivity index (χ2v) is 6.05. The molecule has 20 heavy (non-hydrogen) atoms. The van der Waals surface area contributed by atoms with Gasteiger partial charge < -0.3 is 15.3 Å². The quantitative estimate of drug-likeness (QED) is 0.725. The minimum absolute atomic E-state index is 0.0313. The second-order valence-electron chi connectivity index (χ2n) is 5.02. The van der Waals surface area contributed by atoms with Gasteiger partial charge in [0.15, 0.2) is 0 Å². The van der Waals surface area contributed by atoms with Gasteiger partial charge in [-0.3, -0.25) is 4.79 Å². The van der Waals surface area contributed by atoms with Gasteiger partial charge in [-0.05, 0) is 37.1 Å². The summed E-state index contributed by atoms with van der Waals surface area (Å²) >= 11 is 1.66. The van der Waals surface area contributed by atoms with E-state index in [0.29, 0.717) is 32.0 Å². The normalized spacial score (nSPS) is 14.0. The predicted molar refractivity (Wildman–Crippen MR) is 77.8 cm³/mol. The molecule has 1 aromatic heterocycles. The molecule has 2 N–H and O–H groups in total. The standard InChI is InChI=1S/C14H20N2O3S/c17-13(18)5-1-2-8-15-14(19)16(11-6-7-11)10-12-4-3-9-20-12/h3-4,9,11H,1-2,5-8,10H2,(H,15,19)(H,17,18).